The van der Waals surface area contributed by atoms with Gasteiger partial charge in [-0.05, 0) is 28.8 Å². The summed E-state index contributed by atoms with van der Waals surface area (Å²) in [5, 5.41) is 0.847. The quantitative estimate of drug-likeness (QED) is 0.586. The van der Waals surface area contributed by atoms with Gasteiger partial charge in [-0.1, -0.05) is 52.0 Å². The second-order valence-electron chi connectivity index (χ2n) is 5.65. The molecule has 100 valence electrons. The van der Waals surface area contributed by atoms with Gasteiger partial charge in [0.2, 0.25) is 0 Å². The molecule has 0 saturated carbocycles. The molecule has 0 aromatic heterocycles. The summed E-state index contributed by atoms with van der Waals surface area (Å²) in [7, 11) is -2.93. The number of Topliss-reactive ketones (excluding diaryl/α,β-unsaturated/α-hetero) is 1. The van der Waals surface area contributed by atoms with Crippen molar-refractivity contribution in [3.05, 3.63) is 29.8 Å². The second kappa shape index (κ2) is 5.78. The van der Waals surface area contributed by atoms with E-state index in [0.29, 0.717) is 6.42 Å². The highest BCUT2D eigenvalue weighted by atomic mass is 28.4. The number of carbonyl (C=O) groups is 1. The van der Waals surface area contributed by atoms with Gasteiger partial charge < -0.3 is 4.11 Å². The summed E-state index contributed by atoms with van der Waals surface area (Å²) >= 11 is 0. The summed E-state index contributed by atoms with van der Waals surface area (Å²) in [5.41, 5.74) is 1.10. The van der Waals surface area contributed by atoms with Gasteiger partial charge in [0.25, 0.3) is 8.41 Å². The van der Waals surface area contributed by atoms with Crippen LogP contribution in [0.5, 0.6) is 0 Å². The lowest BCUT2D eigenvalue weighted by atomic mass is 10.1. The fourth-order valence-electron chi connectivity index (χ4n) is 2.50. The van der Waals surface area contributed by atoms with Gasteiger partial charge in [0.15, 0.2) is 0 Å². The van der Waals surface area contributed by atoms with Crippen molar-refractivity contribution in [1.82, 2.24) is 0 Å². The predicted octanol–water partition coefficient (Wildman–Crippen LogP) is 3.76. The van der Waals surface area contributed by atoms with Crippen molar-refractivity contribution in [2.45, 2.75) is 52.1 Å². The molecule has 18 heavy (non-hydrogen) atoms. The van der Waals surface area contributed by atoms with Crippen LogP contribution in [0.15, 0.2) is 24.3 Å². The van der Waals surface area contributed by atoms with Crippen LogP contribution in [-0.2, 0) is 11.2 Å². The zero-order valence-electron chi connectivity index (χ0n) is 12.0. The number of ketones is 1. The Morgan fingerprint density at radius 3 is 1.89 bits per heavy atom. The summed E-state index contributed by atoms with van der Waals surface area (Å²) in [4.78, 5) is 11.0. The molecule has 0 radical (unpaired) electrons. The first-order chi connectivity index (χ1) is 8.28. The van der Waals surface area contributed by atoms with Crippen LogP contribution in [0.2, 0.25) is 11.1 Å². The average Bonchev–Trinajstić information content (AvgIpc) is 2.27. The molecule has 0 aliphatic heterocycles. The molecule has 0 fully saturated rings. The summed E-state index contributed by atoms with van der Waals surface area (Å²) < 4.78 is 15.2. The van der Waals surface area contributed by atoms with Crippen LogP contribution in [0.3, 0.4) is 0 Å². The number of halogens is 1. The van der Waals surface area contributed by atoms with Crippen LogP contribution in [0, 0.1) is 0 Å². The Labute approximate surface area is 111 Å². The SMILES string of the molecule is CC(=O)Cc1ccc([Si](F)(C(C)C)C(C)C)cc1. The molecule has 0 heterocycles. The van der Waals surface area contributed by atoms with Crippen molar-refractivity contribution in [1.29, 1.82) is 0 Å². The van der Waals surface area contributed by atoms with E-state index in [9.17, 15) is 4.79 Å². The highest BCUT2D eigenvalue weighted by molar-refractivity contribution is 6.88. The van der Waals surface area contributed by atoms with Crippen LogP contribution < -0.4 is 5.19 Å². The van der Waals surface area contributed by atoms with E-state index in [1.54, 1.807) is 6.92 Å². The molecule has 0 atom stereocenters. The zero-order chi connectivity index (χ0) is 13.9. The third-order valence-corrected chi connectivity index (χ3v) is 8.11. The average molecular weight is 266 g/mol. The van der Waals surface area contributed by atoms with E-state index in [1.165, 1.54) is 0 Å². The lowest BCUT2D eigenvalue weighted by molar-refractivity contribution is -0.116. The molecule has 0 aliphatic carbocycles. The zero-order valence-corrected chi connectivity index (χ0v) is 13.0. The first-order valence-electron chi connectivity index (χ1n) is 6.56. The fraction of sp³-hybridized carbons (Fsp3) is 0.533. The van der Waals surface area contributed by atoms with E-state index >= 15 is 4.11 Å². The maximum atomic E-state index is 15.2. The lowest BCUT2D eigenvalue weighted by Gasteiger charge is -2.30. The number of rotatable bonds is 5. The molecule has 0 spiro atoms. The number of hydrogen-bond acceptors (Lipinski definition) is 1. The van der Waals surface area contributed by atoms with E-state index in [0.717, 1.165) is 10.8 Å². The van der Waals surface area contributed by atoms with Crippen molar-refractivity contribution in [2.24, 2.45) is 0 Å². The standard InChI is InChI=1S/C15H23FOSi/c1-11(2)18(16,12(3)4)15-8-6-14(7-9-15)10-13(5)17/h6-9,11-12H,10H2,1-5H3. The van der Waals surface area contributed by atoms with Crippen LogP contribution in [0.4, 0.5) is 4.11 Å². The van der Waals surface area contributed by atoms with Gasteiger partial charge >= 0.3 is 0 Å². The Morgan fingerprint density at radius 1 is 1.11 bits per heavy atom. The Bertz CT molecular complexity index is 401. The number of hydrogen-bond donors (Lipinski definition) is 0. The minimum absolute atomic E-state index is 0.0659. The van der Waals surface area contributed by atoms with Crippen LogP contribution in [0.25, 0.3) is 0 Å². The minimum Gasteiger partial charge on any atom is -0.307 e. The van der Waals surface area contributed by atoms with Gasteiger partial charge in [0.05, 0.1) is 0 Å². The molecule has 0 unspecified atom stereocenters. The Balaban J connectivity index is 3.05. The van der Waals surface area contributed by atoms with Crippen LogP contribution in [0.1, 0.15) is 40.2 Å². The molecule has 1 rings (SSSR count). The summed E-state index contributed by atoms with van der Waals surface area (Å²) in [6.45, 7) is 9.45. The lowest BCUT2D eigenvalue weighted by Crippen LogP contribution is -2.49. The van der Waals surface area contributed by atoms with Crippen molar-refractivity contribution >= 4 is 19.4 Å². The third-order valence-electron chi connectivity index (χ3n) is 3.53. The highest BCUT2D eigenvalue weighted by Gasteiger charge is 2.43. The molecule has 0 aliphatic rings. The van der Waals surface area contributed by atoms with E-state index in [2.05, 4.69) is 0 Å². The Morgan fingerprint density at radius 2 is 1.56 bits per heavy atom. The first kappa shape index (κ1) is 15.1. The molecular formula is C15H23FOSi. The third kappa shape index (κ3) is 3.08. The molecule has 0 N–H and O–H groups in total. The monoisotopic (exact) mass is 266 g/mol. The van der Waals surface area contributed by atoms with Crippen molar-refractivity contribution in [3.8, 4) is 0 Å². The molecule has 0 saturated heterocycles. The van der Waals surface area contributed by atoms with E-state index in [-0.39, 0.29) is 16.9 Å². The molecule has 0 amide bonds. The maximum absolute atomic E-state index is 15.2. The van der Waals surface area contributed by atoms with Crippen LogP contribution in [-0.4, -0.2) is 14.2 Å². The van der Waals surface area contributed by atoms with E-state index in [1.807, 2.05) is 52.0 Å². The maximum Gasteiger partial charge on any atom is 0.282 e. The van der Waals surface area contributed by atoms with Crippen molar-refractivity contribution in [3.63, 3.8) is 0 Å². The molecule has 0 bridgehead atoms. The Kier molecular flexibility index (Phi) is 4.85. The van der Waals surface area contributed by atoms with Gasteiger partial charge in [-0.25, -0.2) is 0 Å². The second-order valence-corrected chi connectivity index (χ2v) is 10.1. The van der Waals surface area contributed by atoms with Crippen molar-refractivity contribution < 1.29 is 8.90 Å². The van der Waals surface area contributed by atoms with Gasteiger partial charge in [-0.15, -0.1) is 0 Å². The normalized spacial score (nSPS) is 12.2. The van der Waals surface area contributed by atoms with Crippen molar-refractivity contribution in [2.75, 3.05) is 0 Å². The summed E-state index contributed by atoms with van der Waals surface area (Å²) in [6.07, 6.45) is 0.435. The van der Waals surface area contributed by atoms with E-state index < -0.39 is 8.41 Å². The topological polar surface area (TPSA) is 17.1 Å². The number of carbonyl (C=O) groups excluding carboxylic acids is 1. The van der Waals surface area contributed by atoms with Gasteiger partial charge in [0.1, 0.15) is 5.78 Å². The van der Waals surface area contributed by atoms with Crippen LogP contribution >= 0.6 is 0 Å². The minimum atomic E-state index is -2.93. The first-order valence-corrected chi connectivity index (χ1v) is 8.59. The summed E-state index contributed by atoms with van der Waals surface area (Å²) in [6, 6.07) is 7.54. The summed E-state index contributed by atoms with van der Waals surface area (Å²) in [5.74, 6) is 0.138. The van der Waals surface area contributed by atoms with E-state index in [4.69, 9.17) is 0 Å². The van der Waals surface area contributed by atoms with Gasteiger partial charge in [-0.2, -0.15) is 0 Å². The predicted molar refractivity (Wildman–Crippen MR) is 77.5 cm³/mol. The largest absolute Gasteiger partial charge is 0.307 e. The Hall–Kier alpha value is -0.963. The van der Waals surface area contributed by atoms with Gasteiger partial charge in [0, 0.05) is 6.42 Å². The molecule has 1 aromatic carbocycles. The fourth-order valence-corrected chi connectivity index (χ4v) is 5.84. The van der Waals surface area contributed by atoms with Gasteiger partial charge in [-0.3, -0.25) is 4.79 Å². The molecule has 1 aromatic rings. The smallest absolute Gasteiger partial charge is 0.282 e. The number of benzene rings is 1. The molecule has 1 nitrogen and oxygen atoms in total. The molecule has 3 heteroatoms. The highest BCUT2D eigenvalue weighted by Crippen LogP contribution is 2.33. The molecular weight excluding hydrogens is 243 g/mol.